The highest BCUT2D eigenvalue weighted by atomic mass is 35.5. The van der Waals surface area contributed by atoms with Crippen molar-refractivity contribution in [1.82, 2.24) is 10.2 Å². The summed E-state index contributed by atoms with van der Waals surface area (Å²) in [5.41, 5.74) is 3.97. The first-order valence-electron chi connectivity index (χ1n) is 10.1. The quantitative estimate of drug-likeness (QED) is 0.582. The zero-order valence-corrected chi connectivity index (χ0v) is 16.9. The SMILES string of the molecule is Clc1ccc([C@H](NC2CCN(Cc3ccccc3)CC2)c2ccccc2)cc1. The van der Waals surface area contributed by atoms with Crippen molar-refractivity contribution in [1.29, 1.82) is 0 Å². The van der Waals surface area contributed by atoms with Crippen molar-refractivity contribution in [3.8, 4) is 0 Å². The Hall–Kier alpha value is -2.13. The highest BCUT2D eigenvalue weighted by Crippen LogP contribution is 2.26. The molecule has 3 aromatic rings. The van der Waals surface area contributed by atoms with Gasteiger partial charge in [0.25, 0.3) is 0 Å². The first-order valence-corrected chi connectivity index (χ1v) is 10.5. The van der Waals surface area contributed by atoms with E-state index in [1.54, 1.807) is 0 Å². The molecule has 3 aromatic carbocycles. The molecule has 0 spiro atoms. The molecule has 1 aliphatic rings. The van der Waals surface area contributed by atoms with Gasteiger partial charge in [-0.3, -0.25) is 4.90 Å². The summed E-state index contributed by atoms with van der Waals surface area (Å²) in [7, 11) is 0. The van der Waals surface area contributed by atoms with Crippen molar-refractivity contribution in [3.63, 3.8) is 0 Å². The van der Waals surface area contributed by atoms with Crippen LogP contribution in [0.4, 0.5) is 0 Å². The molecule has 1 saturated heterocycles. The summed E-state index contributed by atoms with van der Waals surface area (Å²) in [5.74, 6) is 0. The maximum atomic E-state index is 6.11. The van der Waals surface area contributed by atoms with Gasteiger partial charge in [-0.25, -0.2) is 0 Å². The van der Waals surface area contributed by atoms with Crippen LogP contribution in [0.25, 0.3) is 0 Å². The van der Waals surface area contributed by atoms with Gasteiger partial charge in [-0.05, 0) is 54.8 Å². The molecule has 3 heteroatoms. The fraction of sp³-hybridized carbons (Fsp3) is 0.280. The van der Waals surface area contributed by atoms with Gasteiger partial charge in [-0.2, -0.15) is 0 Å². The van der Waals surface area contributed by atoms with Crippen molar-refractivity contribution in [2.24, 2.45) is 0 Å². The van der Waals surface area contributed by atoms with E-state index in [4.69, 9.17) is 11.6 Å². The monoisotopic (exact) mass is 390 g/mol. The fourth-order valence-corrected chi connectivity index (χ4v) is 4.15. The molecule has 1 atom stereocenters. The van der Waals surface area contributed by atoms with Crippen LogP contribution in [0.5, 0.6) is 0 Å². The van der Waals surface area contributed by atoms with Gasteiger partial charge < -0.3 is 5.32 Å². The molecule has 0 bridgehead atoms. The van der Waals surface area contributed by atoms with Crippen molar-refractivity contribution in [2.45, 2.75) is 31.5 Å². The zero-order chi connectivity index (χ0) is 19.2. The number of piperidine rings is 1. The third-order valence-corrected chi connectivity index (χ3v) is 5.83. The fourth-order valence-electron chi connectivity index (χ4n) is 4.02. The Bertz CT molecular complexity index is 841. The number of likely N-dealkylation sites (tertiary alicyclic amines) is 1. The van der Waals surface area contributed by atoms with Crippen LogP contribution in [-0.4, -0.2) is 24.0 Å². The van der Waals surface area contributed by atoms with Crippen LogP contribution >= 0.6 is 11.6 Å². The van der Waals surface area contributed by atoms with E-state index in [1.807, 2.05) is 12.1 Å². The average Bonchev–Trinajstić information content (AvgIpc) is 2.75. The molecule has 0 saturated carbocycles. The zero-order valence-electron chi connectivity index (χ0n) is 16.1. The topological polar surface area (TPSA) is 15.3 Å². The molecule has 1 fully saturated rings. The summed E-state index contributed by atoms with van der Waals surface area (Å²) in [6.45, 7) is 3.32. The number of hydrogen-bond acceptors (Lipinski definition) is 2. The summed E-state index contributed by atoms with van der Waals surface area (Å²) < 4.78 is 0. The molecule has 1 aliphatic heterocycles. The minimum absolute atomic E-state index is 0.198. The normalized spacial score (nSPS) is 16.8. The van der Waals surface area contributed by atoms with Gasteiger partial charge in [-0.1, -0.05) is 84.4 Å². The number of benzene rings is 3. The van der Waals surface area contributed by atoms with Gasteiger partial charge in [0.05, 0.1) is 6.04 Å². The van der Waals surface area contributed by atoms with Gasteiger partial charge in [0.2, 0.25) is 0 Å². The molecular formula is C25H27ClN2. The molecule has 144 valence electrons. The highest BCUT2D eigenvalue weighted by Gasteiger charge is 2.23. The van der Waals surface area contributed by atoms with Gasteiger partial charge in [0.15, 0.2) is 0 Å². The van der Waals surface area contributed by atoms with E-state index >= 15 is 0 Å². The van der Waals surface area contributed by atoms with Crippen molar-refractivity contribution >= 4 is 11.6 Å². The smallest absolute Gasteiger partial charge is 0.0578 e. The maximum Gasteiger partial charge on any atom is 0.0578 e. The lowest BCUT2D eigenvalue weighted by atomic mass is 9.95. The third kappa shape index (κ3) is 5.02. The minimum Gasteiger partial charge on any atom is -0.303 e. The summed E-state index contributed by atoms with van der Waals surface area (Å²) in [6, 6.07) is 30.4. The minimum atomic E-state index is 0.198. The molecule has 0 aliphatic carbocycles. The Morgan fingerprint density at radius 3 is 2.00 bits per heavy atom. The summed E-state index contributed by atoms with van der Waals surface area (Å²) in [5, 5.41) is 4.70. The molecule has 0 unspecified atom stereocenters. The third-order valence-electron chi connectivity index (χ3n) is 5.58. The van der Waals surface area contributed by atoms with E-state index in [9.17, 15) is 0 Å². The summed E-state index contributed by atoms with van der Waals surface area (Å²) in [6.07, 6.45) is 2.34. The van der Waals surface area contributed by atoms with E-state index in [2.05, 4.69) is 83.0 Å². The second-order valence-electron chi connectivity index (χ2n) is 7.60. The van der Waals surface area contributed by atoms with Gasteiger partial charge in [-0.15, -0.1) is 0 Å². The second-order valence-corrected chi connectivity index (χ2v) is 8.03. The molecule has 1 N–H and O–H groups in total. The Labute approximate surface area is 173 Å². The molecule has 1 heterocycles. The summed E-state index contributed by atoms with van der Waals surface area (Å²) >= 11 is 6.11. The van der Waals surface area contributed by atoms with Gasteiger partial charge in [0.1, 0.15) is 0 Å². The van der Waals surface area contributed by atoms with Crippen LogP contribution in [0.15, 0.2) is 84.9 Å². The Morgan fingerprint density at radius 2 is 1.36 bits per heavy atom. The van der Waals surface area contributed by atoms with E-state index < -0.39 is 0 Å². The second kappa shape index (κ2) is 9.38. The Morgan fingerprint density at radius 1 is 0.786 bits per heavy atom. The van der Waals surface area contributed by atoms with Crippen LogP contribution in [0.1, 0.15) is 35.6 Å². The first kappa shape index (κ1) is 19.2. The van der Waals surface area contributed by atoms with E-state index in [-0.39, 0.29) is 6.04 Å². The number of nitrogens with one attached hydrogen (secondary N) is 1. The van der Waals surface area contributed by atoms with Crippen LogP contribution in [-0.2, 0) is 6.54 Å². The van der Waals surface area contributed by atoms with Crippen LogP contribution in [0, 0.1) is 0 Å². The summed E-state index contributed by atoms with van der Waals surface area (Å²) in [4.78, 5) is 2.56. The maximum absolute atomic E-state index is 6.11. The Kier molecular flexibility index (Phi) is 6.43. The standard InChI is InChI=1S/C25H27ClN2/c26-23-13-11-22(12-14-23)25(21-9-5-2-6-10-21)27-24-15-17-28(18-16-24)19-20-7-3-1-4-8-20/h1-14,24-25,27H,15-19H2/t25-/m1/s1. The van der Waals surface area contributed by atoms with Crippen molar-refractivity contribution in [3.05, 3.63) is 107 Å². The molecule has 28 heavy (non-hydrogen) atoms. The molecule has 0 radical (unpaired) electrons. The highest BCUT2D eigenvalue weighted by molar-refractivity contribution is 6.30. The van der Waals surface area contributed by atoms with Crippen LogP contribution < -0.4 is 5.32 Å². The lowest BCUT2D eigenvalue weighted by molar-refractivity contribution is 0.187. The van der Waals surface area contributed by atoms with E-state index in [0.717, 1.165) is 24.7 Å². The van der Waals surface area contributed by atoms with Crippen LogP contribution in [0.3, 0.4) is 0 Å². The molecular weight excluding hydrogens is 364 g/mol. The van der Waals surface area contributed by atoms with Gasteiger partial charge in [0, 0.05) is 17.6 Å². The number of nitrogens with zero attached hydrogens (tertiary/aromatic N) is 1. The molecule has 0 amide bonds. The lowest BCUT2D eigenvalue weighted by Gasteiger charge is -2.35. The molecule has 4 rings (SSSR count). The first-order chi connectivity index (χ1) is 13.8. The number of halogens is 1. The largest absolute Gasteiger partial charge is 0.303 e. The van der Waals surface area contributed by atoms with Crippen molar-refractivity contribution in [2.75, 3.05) is 13.1 Å². The number of hydrogen-bond donors (Lipinski definition) is 1. The number of rotatable bonds is 6. The van der Waals surface area contributed by atoms with E-state index in [0.29, 0.717) is 6.04 Å². The lowest BCUT2D eigenvalue weighted by Crippen LogP contribution is -2.43. The predicted octanol–water partition coefficient (Wildman–Crippen LogP) is 5.68. The van der Waals surface area contributed by atoms with E-state index in [1.165, 1.54) is 29.5 Å². The van der Waals surface area contributed by atoms with Crippen LogP contribution in [0.2, 0.25) is 5.02 Å². The molecule has 0 aromatic heterocycles. The molecule has 2 nitrogen and oxygen atoms in total. The Balaban J connectivity index is 1.41. The average molecular weight is 391 g/mol. The van der Waals surface area contributed by atoms with Gasteiger partial charge >= 0.3 is 0 Å². The predicted molar refractivity (Wildman–Crippen MR) is 118 cm³/mol. The van der Waals surface area contributed by atoms with Crippen molar-refractivity contribution < 1.29 is 0 Å².